The summed E-state index contributed by atoms with van der Waals surface area (Å²) >= 11 is 5.76. The lowest BCUT2D eigenvalue weighted by Gasteiger charge is -2.23. The Hall–Kier alpha value is -1.29. The Morgan fingerprint density at radius 3 is 2.50 bits per heavy atom. The topological polar surface area (TPSA) is 95.1 Å². The van der Waals surface area contributed by atoms with Crippen molar-refractivity contribution in [2.24, 2.45) is 0 Å². The van der Waals surface area contributed by atoms with Crippen molar-refractivity contribution in [1.82, 2.24) is 9.78 Å². The Kier molecular flexibility index (Phi) is 3.49. The molecule has 112 valence electrons. The van der Waals surface area contributed by atoms with Crippen molar-refractivity contribution >= 4 is 27.1 Å². The second-order valence-corrected chi connectivity index (χ2v) is 7.38. The van der Waals surface area contributed by atoms with Gasteiger partial charge in [0.25, 0.3) is 6.43 Å². The average molecular weight is 330 g/mol. The normalized spacial score (nSPS) is 25.2. The summed E-state index contributed by atoms with van der Waals surface area (Å²) < 4.78 is 49.5. The lowest BCUT2D eigenvalue weighted by atomic mass is 10.0. The minimum absolute atomic E-state index is 0.108. The number of aromatic nitrogens is 2. The van der Waals surface area contributed by atoms with Gasteiger partial charge >= 0.3 is 5.69 Å². The van der Waals surface area contributed by atoms with Crippen LogP contribution in [0.2, 0.25) is 5.15 Å². The molecular formula is C9H10ClF2N3O4S. The molecule has 2 heterocycles. The molecular weight excluding hydrogens is 320 g/mol. The van der Waals surface area contributed by atoms with Gasteiger partial charge in [0.15, 0.2) is 9.84 Å². The first kappa shape index (κ1) is 15.1. The monoisotopic (exact) mass is 329 g/mol. The molecule has 1 unspecified atom stereocenters. The van der Waals surface area contributed by atoms with Gasteiger partial charge in [0.2, 0.25) is 10.8 Å². The lowest BCUT2D eigenvalue weighted by molar-refractivity contribution is -0.386. The van der Waals surface area contributed by atoms with E-state index in [1.54, 1.807) is 0 Å². The van der Waals surface area contributed by atoms with Crippen molar-refractivity contribution < 1.29 is 22.1 Å². The van der Waals surface area contributed by atoms with E-state index in [-0.39, 0.29) is 17.9 Å². The quantitative estimate of drug-likeness (QED) is 0.623. The number of sulfone groups is 1. The maximum Gasteiger partial charge on any atom is 0.335 e. The first-order valence-electron chi connectivity index (χ1n) is 5.49. The third-order valence-electron chi connectivity index (χ3n) is 3.21. The van der Waals surface area contributed by atoms with Crippen molar-refractivity contribution in [2.75, 3.05) is 11.5 Å². The van der Waals surface area contributed by atoms with Crippen molar-refractivity contribution in [3.63, 3.8) is 0 Å². The van der Waals surface area contributed by atoms with Crippen molar-refractivity contribution in [3.05, 3.63) is 21.0 Å². The molecule has 0 amide bonds. The third-order valence-corrected chi connectivity index (χ3v) is 5.44. The second kappa shape index (κ2) is 4.62. The molecule has 1 fully saturated rings. The van der Waals surface area contributed by atoms with E-state index >= 15 is 0 Å². The molecule has 0 spiro atoms. The number of nitro groups is 1. The molecule has 1 aromatic rings. The highest BCUT2D eigenvalue weighted by atomic mass is 35.5. The van der Waals surface area contributed by atoms with Gasteiger partial charge in [-0.25, -0.2) is 21.9 Å². The van der Waals surface area contributed by atoms with Crippen LogP contribution in [0.4, 0.5) is 14.5 Å². The highest BCUT2D eigenvalue weighted by Gasteiger charge is 2.45. The Morgan fingerprint density at radius 1 is 1.55 bits per heavy atom. The van der Waals surface area contributed by atoms with Crippen LogP contribution in [0, 0.1) is 10.1 Å². The summed E-state index contributed by atoms with van der Waals surface area (Å²) in [4.78, 5) is 9.78. The lowest BCUT2D eigenvalue weighted by Crippen LogP contribution is -2.32. The van der Waals surface area contributed by atoms with Crippen LogP contribution >= 0.6 is 11.6 Å². The molecule has 0 bridgehead atoms. The minimum atomic E-state index is -3.34. The number of hydrogen-bond acceptors (Lipinski definition) is 5. The SMILES string of the molecule is CC1(n2nc(C(F)F)c([N+](=O)[O-])c2Cl)CCS(=O)(=O)C1. The van der Waals surface area contributed by atoms with Crippen LogP contribution in [0.3, 0.4) is 0 Å². The molecule has 0 N–H and O–H groups in total. The Balaban J connectivity index is 2.60. The number of rotatable bonds is 3. The summed E-state index contributed by atoms with van der Waals surface area (Å²) in [5, 5.41) is 13.7. The maximum absolute atomic E-state index is 12.8. The van der Waals surface area contributed by atoms with E-state index in [2.05, 4.69) is 5.10 Å². The van der Waals surface area contributed by atoms with E-state index in [0.29, 0.717) is 0 Å². The largest absolute Gasteiger partial charge is 0.335 e. The standard InChI is InChI=1S/C9H10ClF2N3O4S/c1-9(2-3-20(18,19)4-9)14-7(10)6(15(16)17)5(13-14)8(11)12/h8H,2-4H2,1H3. The van der Waals surface area contributed by atoms with E-state index < -0.39 is 43.3 Å². The molecule has 11 heteroatoms. The molecule has 7 nitrogen and oxygen atoms in total. The van der Waals surface area contributed by atoms with Gasteiger partial charge in [0, 0.05) is 0 Å². The smallest absolute Gasteiger partial charge is 0.258 e. The second-order valence-electron chi connectivity index (χ2n) is 4.83. The molecule has 20 heavy (non-hydrogen) atoms. The van der Waals surface area contributed by atoms with E-state index in [9.17, 15) is 27.3 Å². The summed E-state index contributed by atoms with van der Waals surface area (Å²) in [7, 11) is -3.34. The van der Waals surface area contributed by atoms with Crippen LogP contribution < -0.4 is 0 Å². The fraction of sp³-hybridized carbons (Fsp3) is 0.667. The Morgan fingerprint density at radius 2 is 2.15 bits per heavy atom. The van der Waals surface area contributed by atoms with Crippen LogP contribution in [0.25, 0.3) is 0 Å². The summed E-state index contributed by atoms with van der Waals surface area (Å²) in [6.45, 7) is 1.47. The number of alkyl halides is 2. The number of nitrogens with zero attached hydrogens (tertiary/aromatic N) is 3. The first-order chi connectivity index (χ1) is 9.07. The summed E-state index contributed by atoms with van der Waals surface area (Å²) in [6.07, 6.45) is -3.06. The van der Waals surface area contributed by atoms with Crippen molar-refractivity contribution in [3.8, 4) is 0 Å². The molecule has 2 rings (SSSR count). The fourth-order valence-corrected chi connectivity index (χ4v) is 4.76. The molecule has 1 aliphatic rings. The van der Waals surface area contributed by atoms with Crippen molar-refractivity contribution in [2.45, 2.75) is 25.3 Å². The minimum Gasteiger partial charge on any atom is -0.258 e. The van der Waals surface area contributed by atoms with Crippen LogP contribution in [-0.2, 0) is 15.4 Å². The molecule has 1 saturated heterocycles. The highest BCUT2D eigenvalue weighted by Crippen LogP contribution is 2.40. The summed E-state index contributed by atoms with van der Waals surface area (Å²) in [5.74, 6) is -0.487. The van der Waals surface area contributed by atoms with Gasteiger partial charge < -0.3 is 0 Å². The van der Waals surface area contributed by atoms with Gasteiger partial charge in [-0.3, -0.25) is 10.1 Å². The zero-order valence-electron chi connectivity index (χ0n) is 10.2. The Bertz CT molecular complexity index is 675. The van der Waals surface area contributed by atoms with E-state index in [1.807, 2.05) is 0 Å². The van der Waals surface area contributed by atoms with E-state index in [0.717, 1.165) is 4.68 Å². The number of hydrogen-bond donors (Lipinski definition) is 0. The van der Waals surface area contributed by atoms with Crippen molar-refractivity contribution in [1.29, 1.82) is 0 Å². The van der Waals surface area contributed by atoms with Gasteiger partial charge in [-0.15, -0.1) is 0 Å². The van der Waals surface area contributed by atoms with Gasteiger partial charge in [-0.2, -0.15) is 5.10 Å². The van der Waals surface area contributed by atoms with E-state index in [1.165, 1.54) is 6.92 Å². The highest BCUT2D eigenvalue weighted by molar-refractivity contribution is 7.91. The predicted molar refractivity (Wildman–Crippen MR) is 65.8 cm³/mol. The maximum atomic E-state index is 12.8. The molecule has 1 aromatic heterocycles. The average Bonchev–Trinajstić information content (AvgIpc) is 2.77. The number of halogens is 3. The zero-order valence-corrected chi connectivity index (χ0v) is 11.8. The van der Waals surface area contributed by atoms with Crippen LogP contribution in [0.15, 0.2) is 0 Å². The molecule has 0 saturated carbocycles. The zero-order chi connectivity index (χ0) is 15.3. The van der Waals surface area contributed by atoms with Gasteiger partial charge in [-0.1, -0.05) is 11.6 Å². The summed E-state index contributed by atoms with van der Waals surface area (Å²) in [5.41, 5.74) is -3.19. The Labute approximate surface area is 117 Å². The van der Waals surface area contributed by atoms with Gasteiger partial charge in [-0.05, 0) is 13.3 Å². The summed E-state index contributed by atoms with van der Waals surface area (Å²) in [6, 6.07) is 0. The van der Waals surface area contributed by atoms with E-state index in [4.69, 9.17) is 11.6 Å². The third kappa shape index (κ3) is 2.37. The fourth-order valence-electron chi connectivity index (χ4n) is 2.24. The molecule has 0 aliphatic carbocycles. The van der Waals surface area contributed by atoms with Gasteiger partial charge in [0.05, 0.1) is 22.0 Å². The molecule has 0 aromatic carbocycles. The van der Waals surface area contributed by atoms with Crippen LogP contribution in [0.5, 0.6) is 0 Å². The molecule has 0 radical (unpaired) electrons. The first-order valence-corrected chi connectivity index (χ1v) is 7.69. The molecule has 1 aliphatic heterocycles. The van der Waals surface area contributed by atoms with Crippen LogP contribution in [-0.4, -0.2) is 34.6 Å². The molecule has 1 atom stereocenters. The van der Waals surface area contributed by atoms with Crippen LogP contribution in [0.1, 0.15) is 25.5 Å². The predicted octanol–water partition coefficient (Wildman–Crippen LogP) is 1.92. The van der Waals surface area contributed by atoms with Gasteiger partial charge in [0.1, 0.15) is 0 Å².